The molecule has 0 bridgehead atoms. The molecule has 132 valence electrons. The highest BCUT2D eigenvalue weighted by Crippen LogP contribution is 2.45. The molecule has 4 heterocycles. The Bertz CT molecular complexity index is 1060. The minimum absolute atomic E-state index is 0.118. The molecule has 2 aliphatic rings. The van der Waals surface area contributed by atoms with Crippen LogP contribution in [0.25, 0.3) is 22.3 Å². The number of H-pyrrole nitrogens is 1. The highest BCUT2D eigenvalue weighted by Gasteiger charge is 2.41. The average molecular weight is 345 g/mol. The number of nitrogens with one attached hydrogen (secondary N) is 1. The Morgan fingerprint density at radius 2 is 2.00 bits per heavy atom. The van der Waals surface area contributed by atoms with Crippen molar-refractivity contribution in [2.45, 2.75) is 51.9 Å². The lowest BCUT2D eigenvalue weighted by Gasteiger charge is -2.29. The van der Waals surface area contributed by atoms with Gasteiger partial charge in [0.05, 0.1) is 22.5 Å². The summed E-state index contributed by atoms with van der Waals surface area (Å²) >= 11 is 0. The number of aromatic amines is 1. The van der Waals surface area contributed by atoms with Gasteiger partial charge in [-0.3, -0.25) is 4.99 Å². The van der Waals surface area contributed by atoms with Gasteiger partial charge >= 0.3 is 0 Å². The molecule has 0 radical (unpaired) electrons. The molecule has 5 nitrogen and oxygen atoms in total. The first-order valence-electron chi connectivity index (χ1n) is 9.40. The Hall–Kier alpha value is -2.56. The van der Waals surface area contributed by atoms with Gasteiger partial charge in [-0.1, -0.05) is 13.8 Å². The van der Waals surface area contributed by atoms with E-state index in [4.69, 9.17) is 15.0 Å². The van der Waals surface area contributed by atoms with Gasteiger partial charge in [0.15, 0.2) is 0 Å². The minimum atomic E-state index is -0.118. The Morgan fingerprint density at radius 3 is 2.73 bits per heavy atom. The predicted molar refractivity (Wildman–Crippen MR) is 104 cm³/mol. The summed E-state index contributed by atoms with van der Waals surface area (Å²) in [6.45, 7) is 8.84. The highest BCUT2D eigenvalue weighted by atomic mass is 15.0. The zero-order chi connectivity index (χ0) is 18.1. The number of aromatic nitrogens is 4. The van der Waals surface area contributed by atoms with Crippen LogP contribution in [0.4, 0.5) is 5.69 Å². The van der Waals surface area contributed by atoms with Crippen molar-refractivity contribution in [3.63, 3.8) is 0 Å². The molecule has 1 atom stereocenters. The van der Waals surface area contributed by atoms with E-state index in [2.05, 4.69) is 49.8 Å². The van der Waals surface area contributed by atoms with E-state index in [-0.39, 0.29) is 5.41 Å². The summed E-state index contributed by atoms with van der Waals surface area (Å²) in [6.07, 6.45) is 6.36. The molecule has 1 saturated carbocycles. The van der Waals surface area contributed by atoms with Crippen LogP contribution < -0.4 is 0 Å². The fraction of sp³-hybridized carbons (Fsp3) is 0.429. The smallest absolute Gasteiger partial charge is 0.141 e. The predicted octanol–water partition coefficient (Wildman–Crippen LogP) is 4.92. The van der Waals surface area contributed by atoms with Crippen molar-refractivity contribution < 1.29 is 0 Å². The molecular weight excluding hydrogens is 322 g/mol. The first-order chi connectivity index (χ1) is 12.5. The van der Waals surface area contributed by atoms with Gasteiger partial charge in [-0.05, 0) is 44.7 Å². The number of nitrogens with zero attached hydrogens (tertiary/aromatic N) is 4. The highest BCUT2D eigenvalue weighted by molar-refractivity contribution is 6.00. The van der Waals surface area contributed by atoms with Gasteiger partial charge in [-0.25, -0.2) is 15.0 Å². The van der Waals surface area contributed by atoms with E-state index in [1.807, 2.05) is 12.4 Å². The molecule has 0 spiro atoms. The maximum atomic E-state index is 5.05. The van der Waals surface area contributed by atoms with Gasteiger partial charge < -0.3 is 4.98 Å². The minimum Gasteiger partial charge on any atom is -0.345 e. The summed E-state index contributed by atoms with van der Waals surface area (Å²) in [7, 11) is 0. The zero-order valence-corrected chi connectivity index (χ0v) is 15.7. The monoisotopic (exact) mass is 345 g/mol. The molecule has 3 aromatic heterocycles. The lowest BCUT2D eigenvalue weighted by atomic mass is 9.73. The van der Waals surface area contributed by atoms with E-state index in [9.17, 15) is 0 Å². The first-order valence-corrected chi connectivity index (χ1v) is 9.40. The average Bonchev–Trinajstić information content (AvgIpc) is 3.34. The summed E-state index contributed by atoms with van der Waals surface area (Å²) in [5, 5.41) is 1.03. The molecular formula is C21H23N5. The molecule has 1 aliphatic heterocycles. The Morgan fingerprint density at radius 1 is 1.19 bits per heavy atom. The van der Waals surface area contributed by atoms with E-state index in [1.54, 1.807) is 0 Å². The SMILES string of the molecule is CC1=Nc2ccc(-c3c[nH]c4nc(C5CC5)ncc34)nc2C1(C)C(C)C. The molecule has 3 aromatic rings. The van der Waals surface area contributed by atoms with Crippen LogP contribution in [0.2, 0.25) is 0 Å². The summed E-state index contributed by atoms with van der Waals surface area (Å²) in [5.41, 5.74) is 6.01. The number of rotatable bonds is 3. The molecule has 26 heavy (non-hydrogen) atoms. The third-order valence-corrected chi connectivity index (χ3v) is 6.23. The third-order valence-electron chi connectivity index (χ3n) is 6.23. The molecule has 5 heteroatoms. The maximum absolute atomic E-state index is 5.05. The molecule has 0 saturated heterocycles. The molecule has 1 aliphatic carbocycles. The van der Waals surface area contributed by atoms with Crippen LogP contribution in [-0.2, 0) is 5.41 Å². The summed E-state index contributed by atoms with van der Waals surface area (Å²) < 4.78 is 0. The van der Waals surface area contributed by atoms with Gasteiger partial charge in [0, 0.05) is 35.0 Å². The second kappa shape index (κ2) is 5.22. The van der Waals surface area contributed by atoms with Crippen LogP contribution in [0.1, 0.15) is 58.0 Å². The van der Waals surface area contributed by atoms with Crippen molar-refractivity contribution in [2.24, 2.45) is 10.9 Å². The second-order valence-electron chi connectivity index (χ2n) is 8.09. The van der Waals surface area contributed by atoms with Gasteiger partial charge in [0.1, 0.15) is 11.5 Å². The van der Waals surface area contributed by atoms with Crippen molar-refractivity contribution in [1.29, 1.82) is 0 Å². The molecule has 1 fully saturated rings. The molecule has 5 rings (SSSR count). The number of hydrogen-bond donors (Lipinski definition) is 1. The van der Waals surface area contributed by atoms with Crippen LogP contribution in [0.3, 0.4) is 0 Å². The fourth-order valence-corrected chi connectivity index (χ4v) is 3.90. The van der Waals surface area contributed by atoms with E-state index >= 15 is 0 Å². The number of aliphatic imine (C=N–C) groups is 1. The number of fused-ring (bicyclic) bond motifs is 2. The molecule has 0 aromatic carbocycles. The van der Waals surface area contributed by atoms with E-state index in [0.29, 0.717) is 11.8 Å². The van der Waals surface area contributed by atoms with Crippen LogP contribution in [-0.4, -0.2) is 25.6 Å². The quantitative estimate of drug-likeness (QED) is 0.733. The Kier molecular flexibility index (Phi) is 3.15. The lowest BCUT2D eigenvalue weighted by Crippen LogP contribution is -2.34. The van der Waals surface area contributed by atoms with E-state index < -0.39 is 0 Å². The van der Waals surface area contributed by atoms with Gasteiger partial charge in [-0.15, -0.1) is 0 Å². The van der Waals surface area contributed by atoms with Gasteiger partial charge in [0.2, 0.25) is 0 Å². The Balaban J connectivity index is 1.63. The number of pyridine rings is 1. The van der Waals surface area contributed by atoms with E-state index in [0.717, 1.165) is 45.2 Å². The third kappa shape index (κ3) is 2.09. The van der Waals surface area contributed by atoms with Gasteiger partial charge in [0.25, 0.3) is 0 Å². The summed E-state index contributed by atoms with van der Waals surface area (Å²) in [5.74, 6) is 1.95. The number of hydrogen-bond acceptors (Lipinski definition) is 4. The van der Waals surface area contributed by atoms with Gasteiger partial charge in [-0.2, -0.15) is 0 Å². The largest absolute Gasteiger partial charge is 0.345 e. The zero-order valence-electron chi connectivity index (χ0n) is 15.7. The van der Waals surface area contributed by atoms with E-state index in [1.165, 1.54) is 12.8 Å². The van der Waals surface area contributed by atoms with Crippen molar-refractivity contribution >= 4 is 22.4 Å². The van der Waals surface area contributed by atoms with Crippen molar-refractivity contribution in [2.75, 3.05) is 0 Å². The first kappa shape index (κ1) is 15.7. The van der Waals surface area contributed by atoms with Crippen LogP contribution >= 0.6 is 0 Å². The van der Waals surface area contributed by atoms with Crippen LogP contribution in [0, 0.1) is 5.92 Å². The lowest BCUT2D eigenvalue weighted by molar-refractivity contribution is 0.446. The normalized spacial score (nSPS) is 22.1. The van der Waals surface area contributed by atoms with Crippen LogP contribution in [0.5, 0.6) is 0 Å². The Labute approximate surface area is 153 Å². The van der Waals surface area contributed by atoms with Crippen molar-refractivity contribution in [3.05, 3.63) is 36.0 Å². The van der Waals surface area contributed by atoms with Crippen molar-refractivity contribution in [1.82, 2.24) is 19.9 Å². The van der Waals surface area contributed by atoms with Crippen molar-refractivity contribution in [3.8, 4) is 11.3 Å². The van der Waals surface area contributed by atoms with Crippen LogP contribution in [0.15, 0.2) is 29.5 Å². The molecule has 1 unspecified atom stereocenters. The molecule has 1 N–H and O–H groups in total. The second-order valence-corrected chi connectivity index (χ2v) is 8.09. The maximum Gasteiger partial charge on any atom is 0.141 e. The molecule has 0 amide bonds. The standard InChI is InChI=1S/C21H23N5/c1-11(2)21(4)12(3)24-17-8-7-16(25-18(17)21)14-9-23-20-15(14)10-22-19(26-20)13-5-6-13/h7-11,13H,5-6H2,1-4H3,(H,22,23,26). The summed E-state index contributed by atoms with van der Waals surface area (Å²) in [6, 6.07) is 4.14. The fourth-order valence-electron chi connectivity index (χ4n) is 3.90. The summed E-state index contributed by atoms with van der Waals surface area (Å²) in [4.78, 5) is 22.4. The topological polar surface area (TPSA) is 66.8 Å².